The Balaban J connectivity index is 2.43. The lowest BCUT2D eigenvalue weighted by atomic mass is 10.1. The van der Waals surface area contributed by atoms with Crippen LogP contribution in [0.2, 0.25) is 0 Å². The second-order valence-electron chi connectivity index (χ2n) is 4.09. The molecular formula is C13H21NO2. The predicted octanol–water partition coefficient (Wildman–Crippen LogP) is 1.21. The Kier molecular flexibility index (Phi) is 6.08. The molecule has 0 saturated heterocycles. The van der Waals surface area contributed by atoms with Gasteiger partial charge in [0, 0.05) is 19.2 Å². The third kappa shape index (κ3) is 4.75. The van der Waals surface area contributed by atoms with Crippen LogP contribution in [0, 0.1) is 0 Å². The first kappa shape index (κ1) is 13.2. The largest absolute Gasteiger partial charge is 0.395 e. The van der Waals surface area contributed by atoms with Crippen LogP contribution in [0.1, 0.15) is 12.5 Å². The number of aliphatic hydroxyl groups is 1. The van der Waals surface area contributed by atoms with Crippen LogP contribution in [0.5, 0.6) is 0 Å². The van der Waals surface area contributed by atoms with Crippen molar-refractivity contribution < 1.29 is 9.84 Å². The van der Waals surface area contributed by atoms with Gasteiger partial charge in [0.05, 0.1) is 13.2 Å². The SMILES string of the molecule is COCC(C)N[C@@H](CO)Cc1ccccc1. The number of hydrogen-bond acceptors (Lipinski definition) is 3. The molecule has 0 spiro atoms. The molecule has 1 rings (SSSR count). The summed E-state index contributed by atoms with van der Waals surface area (Å²) >= 11 is 0. The Morgan fingerprint density at radius 2 is 2.00 bits per heavy atom. The molecule has 2 atom stereocenters. The van der Waals surface area contributed by atoms with E-state index in [-0.39, 0.29) is 18.7 Å². The summed E-state index contributed by atoms with van der Waals surface area (Å²) < 4.78 is 5.06. The molecular weight excluding hydrogens is 202 g/mol. The van der Waals surface area contributed by atoms with Gasteiger partial charge in [-0.15, -0.1) is 0 Å². The lowest BCUT2D eigenvalue weighted by molar-refractivity contribution is 0.154. The highest BCUT2D eigenvalue weighted by Crippen LogP contribution is 2.03. The van der Waals surface area contributed by atoms with Crippen molar-refractivity contribution >= 4 is 0 Å². The average molecular weight is 223 g/mol. The van der Waals surface area contributed by atoms with Crippen LogP contribution in [0.3, 0.4) is 0 Å². The number of aliphatic hydroxyl groups excluding tert-OH is 1. The first-order valence-corrected chi connectivity index (χ1v) is 5.66. The fraction of sp³-hybridized carbons (Fsp3) is 0.538. The van der Waals surface area contributed by atoms with E-state index >= 15 is 0 Å². The van der Waals surface area contributed by atoms with Crippen molar-refractivity contribution in [2.75, 3.05) is 20.3 Å². The maximum absolute atomic E-state index is 9.30. The second kappa shape index (κ2) is 7.39. The molecule has 3 nitrogen and oxygen atoms in total. The van der Waals surface area contributed by atoms with Crippen molar-refractivity contribution in [3.63, 3.8) is 0 Å². The molecule has 2 N–H and O–H groups in total. The van der Waals surface area contributed by atoms with Gasteiger partial charge in [0.1, 0.15) is 0 Å². The Morgan fingerprint density at radius 1 is 1.31 bits per heavy atom. The summed E-state index contributed by atoms with van der Waals surface area (Å²) in [6, 6.07) is 10.5. The highest BCUT2D eigenvalue weighted by atomic mass is 16.5. The summed E-state index contributed by atoms with van der Waals surface area (Å²) in [4.78, 5) is 0. The van der Waals surface area contributed by atoms with Crippen molar-refractivity contribution in [3.05, 3.63) is 35.9 Å². The molecule has 0 heterocycles. The monoisotopic (exact) mass is 223 g/mol. The Morgan fingerprint density at radius 3 is 2.56 bits per heavy atom. The highest BCUT2D eigenvalue weighted by molar-refractivity contribution is 5.15. The van der Waals surface area contributed by atoms with Gasteiger partial charge in [0.2, 0.25) is 0 Å². The number of nitrogens with one attached hydrogen (secondary N) is 1. The topological polar surface area (TPSA) is 41.5 Å². The van der Waals surface area contributed by atoms with Gasteiger partial charge in [-0.2, -0.15) is 0 Å². The van der Waals surface area contributed by atoms with Crippen LogP contribution >= 0.6 is 0 Å². The molecule has 0 bridgehead atoms. The Labute approximate surface area is 97.4 Å². The van der Waals surface area contributed by atoms with E-state index in [0.717, 1.165) is 6.42 Å². The summed E-state index contributed by atoms with van der Waals surface area (Å²) in [5.41, 5.74) is 1.23. The minimum atomic E-state index is 0.0903. The smallest absolute Gasteiger partial charge is 0.0613 e. The number of rotatable bonds is 7. The van der Waals surface area contributed by atoms with Crippen LogP contribution in [0.15, 0.2) is 30.3 Å². The zero-order valence-corrected chi connectivity index (χ0v) is 10.0. The van der Waals surface area contributed by atoms with E-state index in [0.29, 0.717) is 6.61 Å². The van der Waals surface area contributed by atoms with Crippen molar-refractivity contribution in [2.24, 2.45) is 0 Å². The van der Waals surface area contributed by atoms with Crippen LogP contribution in [-0.4, -0.2) is 37.5 Å². The summed E-state index contributed by atoms with van der Waals surface area (Å²) in [6.45, 7) is 2.85. The normalized spacial score (nSPS) is 14.7. The number of methoxy groups -OCH3 is 1. The molecule has 1 aromatic rings. The van der Waals surface area contributed by atoms with Crippen LogP contribution < -0.4 is 5.32 Å². The van der Waals surface area contributed by atoms with Gasteiger partial charge in [0.25, 0.3) is 0 Å². The zero-order valence-electron chi connectivity index (χ0n) is 10.0. The highest BCUT2D eigenvalue weighted by Gasteiger charge is 2.11. The molecule has 0 aliphatic rings. The predicted molar refractivity (Wildman–Crippen MR) is 65.5 cm³/mol. The minimum absolute atomic E-state index is 0.0903. The van der Waals surface area contributed by atoms with Gasteiger partial charge in [0.15, 0.2) is 0 Å². The minimum Gasteiger partial charge on any atom is -0.395 e. The van der Waals surface area contributed by atoms with Gasteiger partial charge < -0.3 is 15.2 Å². The number of benzene rings is 1. The van der Waals surface area contributed by atoms with Gasteiger partial charge in [-0.1, -0.05) is 30.3 Å². The van der Waals surface area contributed by atoms with Crippen molar-refractivity contribution in [3.8, 4) is 0 Å². The summed E-state index contributed by atoms with van der Waals surface area (Å²) in [5, 5.41) is 12.6. The van der Waals surface area contributed by atoms with E-state index < -0.39 is 0 Å². The standard InChI is InChI=1S/C13H21NO2/c1-11(10-16-2)14-13(9-15)8-12-6-4-3-5-7-12/h3-7,11,13-15H,8-10H2,1-2H3/t11?,13-/m1/s1. The summed E-state index contributed by atoms with van der Waals surface area (Å²) in [7, 11) is 1.68. The summed E-state index contributed by atoms with van der Waals surface area (Å²) in [5.74, 6) is 0. The van der Waals surface area contributed by atoms with Gasteiger partial charge in [-0.05, 0) is 18.9 Å². The van der Waals surface area contributed by atoms with Crippen molar-refractivity contribution in [1.82, 2.24) is 5.32 Å². The fourth-order valence-corrected chi connectivity index (χ4v) is 1.78. The third-order valence-electron chi connectivity index (χ3n) is 2.48. The van der Waals surface area contributed by atoms with E-state index in [9.17, 15) is 5.11 Å². The lowest BCUT2D eigenvalue weighted by Gasteiger charge is -2.21. The van der Waals surface area contributed by atoms with Crippen LogP contribution in [0.4, 0.5) is 0 Å². The number of hydrogen-bond donors (Lipinski definition) is 2. The third-order valence-corrected chi connectivity index (χ3v) is 2.48. The molecule has 0 aromatic heterocycles. The van der Waals surface area contributed by atoms with Gasteiger partial charge >= 0.3 is 0 Å². The second-order valence-corrected chi connectivity index (χ2v) is 4.09. The molecule has 0 radical (unpaired) electrons. The van der Waals surface area contributed by atoms with Crippen molar-refractivity contribution in [1.29, 1.82) is 0 Å². The number of ether oxygens (including phenoxy) is 1. The van der Waals surface area contributed by atoms with E-state index in [4.69, 9.17) is 4.74 Å². The van der Waals surface area contributed by atoms with E-state index in [1.165, 1.54) is 5.56 Å². The van der Waals surface area contributed by atoms with E-state index in [1.54, 1.807) is 7.11 Å². The average Bonchev–Trinajstić information content (AvgIpc) is 2.30. The molecule has 16 heavy (non-hydrogen) atoms. The maximum atomic E-state index is 9.30. The van der Waals surface area contributed by atoms with E-state index in [2.05, 4.69) is 24.4 Å². The molecule has 1 unspecified atom stereocenters. The van der Waals surface area contributed by atoms with Gasteiger partial charge in [-0.3, -0.25) is 0 Å². The molecule has 0 fully saturated rings. The molecule has 0 aliphatic carbocycles. The molecule has 3 heteroatoms. The summed E-state index contributed by atoms with van der Waals surface area (Å²) in [6.07, 6.45) is 0.839. The quantitative estimate of drug-likeness (QED) is 0.730. The fourth-order valence-electron chi connectivity index (χ4n) is 1.78. The maximum Gasteiger partial charge on any atom is 0.0613 e. The van der Waals surface area contributed by atoms with Gasteiger partial charge in [-0.25, -0.2) is 0 Å². The molecule has 1 aromatic carbocycles. The Bertz CT molecular complexity index is 277. The lowest BCUT2D eigenvalue weighted by Crippen LogP contribution is -2.42. The molecule has 0 aliphatic heterocycles. The van der Waals surface area contributed by atoms with Crippen LogP contribution in [-0.2, 0) is 11.2 Å². The van der Waals surface area contributed by atoms with E-state index in [1.807, 2.05) is 18.2 Å². The zero-order chi connectivity index (χ0) is 11.8. The first-order chi connectivity index (χ1) is 7.76. The Hall–Kier alpha value is -0.900. The molecule has 0 saturated carbocycles. The molecule has 90 valence electrons. The first-order valence-electron chi connectivity index (χ1n) is 5.66. The molecule has 0 amide bonds. The van der Waals surface area contributed by atoms with Crippen LogP contribution in [0.25, 0.3) is 0 Å². The van der Waals surface area contributed by atoms with Crippen molar-refractivity contribution in [2.45, 2.75) is 25.4 Å².